The summed E-state index contributed by atoms with van der Waals surface area (Å²) in [5.41, 5.74) is 3.50. The average Bonchev–Trinajstić information content (AvgIpc) is 2.47. The molecule has 0 aliphatic heterocycles. The predicted octanol–water partition coefficient (Wildman–Crippen LogP) is 3.09. The summed E-state index contributed by atoms with van der Waals surface area (Å²) in [4.78, 5) is 0. The van der Waals surface area contributed by atoms with Crippen LogP contribution in [0.2, 0.25) is 0 Å². The molecule has 0 aromatic heterocycles. The van der Waals surface area contributed by atoms with E-state index in [1.54, 1.807) is 14.2 Å². The summed E-state index contributed by atoms with van der Waals surface area (Å²) >= 11 is 0. The lowest BCUT2D eigenvalue weighted by Crippen LogP contribution is -2.04. The van der Waals surface area contributed by atoms with Gasteiger partial charge in [0.05, 0.1) is 14.2 Å². The molecule has 3 heteroatoms. The smallest absolute Gasteiger partial charge is 0.123 e. The average molecular weight is 257 g/mol. The minimum absolute atomic E-state index is 0.800. The van der Waals surface area contributed by atoms with Gasteiger partial charge in [0, 0.05) is 12.6 Å². The van der Waals surface area contributed by atoms with E-state index in [0.717, 1.165) is 29.2 Å². The van der Waals surface area contributed by atoms with Crippen molar-refractivity contribution in [1.29, 1.82) is 0 Å². The molecule has 0 spiro atoms. The van der Waals surface area contributed by atoms with Gasteiger partial charge in [0.2, 0.25) is 0 Å². The Morgan fingerprint density at radius 3 is 1.89 bits per heavy atom. The molecule has 0 radical (unpaired) electrons. The van der Waals surface area contributed by atoms with Crippen molar-refractivity contribution in [2.45, 2.75) is 6.54 Å². The summed E-state index contributed by atoms with van der Waals surface area (Å²) < 4.78 is 10.6. The van der Waals surface area contributed by atoms with E-state index in [1.807, 2.05) is 25.2 Å². The van der Waals surface area contributed by atoms with Gasteiger partial charge >= 0.3 is 0 Å². The van der Waals surface area contributed by atoms with E-state index in [9.17, 15) is 0 Å². The van der Waals surface area contributed by atoms with E-state index in [1.165, 1.54) is 5.56 Å². The zero-order valence-corrected chi connectivity index (χ0v) is 11.6. The molecular weight excluding hydrogens is 238 g/mol. The largest absolute Gasteiger partial charge is 0.497 e. The summed E-state index contributed by atoms with van der Waals surface area (Å²) in [5.74, 6) is 1.60. The second kappa shape index (κ2) is 6.25. The van der Waals surface area contributed by atoms with Gasteiger partial charge in [-0.3, -0.25) is 0 Å². The van der Waals surface area contributed by atoms with Crippen LogP contribution in [0.5, 0.6) is 11.5 Å². The van der Waals surface area contributed by atoms with Gasteiger partial charge in [-0.2, -0.15) is 0 Å². The third kappa shape index (κ3) is 3.26. The minimum Gasteiger partial charge on any atom is -0.497 e. The second-order valence-corrected chi connectivity index (χ2v) is 4.33. The van der Waals surface area contributed by atoms with Crippen LogP contribution in [0, 0.1) is 0 Å². The van der Waals surface area contributed by atoms with Crippen LogP contribution in [0.15, 0.2) is 42.5 Å². The predicted molar refractivity (Wildman–Crippen MR) is 77.7 cm³/mol. The number of hydrogen-bond donors (Lipinski definition) is 1. The van der Waals surface area contributed by atoms with Crippen molar-refractivity contribution in [3.63, 3.8) is 0 Å². The van der Waals surface area contributed by atoms with E-state index in [-0.39, 0.29) is 0 Å². The van der Waals surface area contributed by atoms with Crippen LogP contribution < -0.4 is 14.8 Å². The zero-order chi connectivity index (χ0) is 13.7. The molecule has 0 unspecified atom stereocenters. The topological polar surface area (TPSA) is 30.5 Å². The zero-order valence-electron chi connectivity index (χ0n) is 11.6. The van der Waals surface area contributed by atoms with Crippen LogP contribution in [-0.2, 0) is 6.54 Å². The monoisotopic (exact) mass is 257 g/mol. The molecule has 0 saturated carbocycles. The fraction of sp³-hybridized carbons (Fsp3) is 0.250. The van der Waals surface area contributed by atoms with E-state index >= 15 is 0 Å². The third-order valence-electron chi connectivity index (χ3n) is 3.02. The van der Waals surface area contributed by atoms with Gasteiger partial charge in [-0.1, -0.05) is 24.3 Å². The maximum absolute atomic E-state index is 5.29. The Morgan fingerprint density at radius 2 is 1.42 bits per heavy atom. The Bertz CT molecular complexity index is 513. The fourth-order valence-electron chi connectivity index (χ4n) is 1.99. The maximum Gasteiger partial charge on any atom is 0.123 e. The minimum atomic E-state index is 0.800. The summed E-state index contributed by atoms with van der Waals surface area (Å²) in [6.45, 7) is 0.877. The highest BCUT2D eigenvalue weighted by molar-refractivity contribution is 5.67. The lowest BCUT2D eigenvalue weighted by Gasteiger charge is -2.09. The van der Waals surface area contributed by atoms with Crippen LogP contribution in [0.1, 0.15) is 5.56 Å². The van der Waals surface area contributed by atoms with Crippen molar-refractivity contribution in [3.8, 4) is 22.6 Å². The Morgan fingerprint density at radius 1 is 0.842 bits per heavy atom. The Labute approximate surface area is 114 Å². The standard InChI is InChI=1S/C16H19NO2/c1-17-11-12-4-6-13(7-5-12)14-8-15(18-2)10-16(9-14)19-3/h4-10,17H,11H2,1-3H3. The third-order valence-corrected chi connectivity index (χ3v) is 3.02. The fourth-order valence-corrected chi connectivity index (χ4v) is 1.99. The molecule has 19 heavy (non-hydrogen) atoms. The van der Waals surface area contributed by atoms with E-state index < -0.39 is 0 Å². The Kier molecular flexibility index (Phi) is 4.42. The first kappa shape index (κ1) is 13.4. The lowest BCUT2D eigenvalue weighted by molar-refractivity contribution is 0.394. The van der Waals surface area contributed by atoms with Crippen LogP contribution in [0.3, 0.4) is 0 Å². The van der Waals surface area contributed by atoms with Gasteiger partial charge in [-0.15, -0.1) is 0 Å². The van der Waals surface area contributed by atoms with Gasteiger partial charge in [-0.25, -0.2) is 0 Å². The molecule has 100 valence electrons. The Hall–Kier alpha value is -2.00. The van der Waals surface area contributed by atoms with Gasteiger partial charge in [0.1, 0.15) is 11.5 Å². The number of methoxy groups -OCH3 is 2. The van der Waals surface area contributed by atoms with Gasteiger partial charge in [-0.05, 0) is 35.9 Å². The number of nitrogens with one attached hydrogen (secondary N) is 1. The normalized spacial score (nSPS) is 10.3. The van der Waals surface area contributed by atoms with E-state index in [0.29, 0.717) is 0 Å². The molecule has 1 N–H and O–H groups in total. The molecule has 0 fully saturated rings. The molecule has 2 aromatic carbocycles. The number of ether oxygens (including phenoxy) is 2. The molecule has 0 heterocycles. The summed E-state index contributed by atoms with van der Waals surface area (Å²) in [6.07, 6.45) is 0. The lowest BCUT2D eigenvalue weighted by atomic mass is 10.0. The Balaban J connectivity index is 2.34. The van der Waals surface area contributed by atoms with Gasteiger partial charge < -0.3 is 14.8 Å². The van der Waals surface area contributed by atoms with Gasteiger partial charge in [0.15, 0.2) is 0 Å². The highest BCUT2D eigenvalue weighted by atomic mass is 16.5. The molecule has 0 bridgehead atoms. The second-order valence-electron chi connectivity index (χ2n) is 4.33. The van der Waals surface area contributed by atoms with E-state index in [4.69, 9.17) is 9.47 Å². The van der Waals surface area contributed by atoms with Crippen molar-refractivity contribution >= 4 is 0 Å². The summed E-state index contributed by atoms with van der Waals surface area (Å²) in [5, 5.41) is 3.14. The van der Waals surface area contributed by atoms with Crippen LogP contribution in [0.25, 0.3) is 11.1 Å². The number of rotatable bonds is 5. The van der Waals surface area contributed by atoms with Crippen molar-refractivity contribution < 1.29 is 9.47 Å². The first-order valence-corrected chi connectivity index (χ1v) is 6.24. The highest BCUT2D eigenvalue weighted by Gasteiger charge is 2.04. The molecule has 3 nitrogen and oxygen atoms in total. The summed E-state index contributed by atoms with van der Waals surface area (Å²) in [6, 6.07) is 14.4. The molecule has 2 rings (SSSR count). The van der Waals surface area contributed by atoms with E-state index in [2.05, 4.69) is 29.6 Å². The molecular formula is C16H19NO2. The quantitative estimate of drug-likeness (QED) is 0.893. The van der Waals surface area contributed by atoms with Gasteiger partial charge in [0.25, 0.3) is 0 Å². The molecule has 2 aromatic rings. The van der Waals surface area contributed by atoms with Crippen molar-refractivity contribution in [3.05, 3.63) is 48.0 Å². The SMILES string of the molecule is CNCc1ccc(-c2cc(OC)cc(OC)c2)cc1. The van der Waals surface area contributed by atoms with Crippen LogP contribution in [0.4, 0.5) is 0 Å². The maximum atomic E-state index is 5.29. The molecule has 0 aliphatic carbocycles. The first-order valence-electron chi connectivity index (χ1n) is 6.24. The van der Waals surface area contributed by atoms with Crippen LogP contribution in [-0.4, -0.2) is 21.3 Å². The molecule has 0 aliphatic rings. The van der Waals surface area contributed by atoms with Crippen LogP contribution >= 0.6 is 0 Å². The number of benzene rings is 2. The molecule has 0 amide bonds. The first-order chi connectivity index (χ1) is 9.26. The highest BCUT2D eigenvalue weighted by Crippen LogP contribution is 2.29. The van der Waals surface area contributed by atoms with Crippen molar-refractivity contribution in [1.82, 2.24) is 5.32 Å². The molecule has 0 atom stereocenters. The van der Waals surface area contributed by atoms with Crippen molar-refractivity contribution in [2.24, 2.45) is 0 Å². The number of hydrogen-bond acceptors (Lipinski definition) is 3. The van der Waals surface area contributed by atoms with Crippen molar-refractivity contribution in [2.75, 3.05) is 21.3 Å². The summed E-state index contributed by atoms with van der Waals surface area (Å²) in [7, 11) is 5.27. The molecule has 0 saturated heterocycles.